The van der Waals surface area contributed by atoms with Crippen LogP contribution in [0.15, 0.2) is 72.8 Å². The molecule has 0 atom stereocenters. The van der Waals surface area contributed by atoms with Crippen LogP contribution < -0.4 is 23.8 Å². The summed E-state index contributed by atoms with van der Waals surface area (Å²) in [5.74, 6) is 3.53. The molecule has 6 bridgehead atoms. The molecule has 3 aliphatic heterocycles. The molecule has 0 aromatic heterocycles. The molecule has 0 unspecified atom stereocenters. The number of para-hydroxylation sites is 1. The van der Waals surface area contributed by atoms with Gasteiger partial charge < -0.3 is 18.9 Å². The molecule has 0 fully saturated rings. The molecule has 3 aliphatic rings. The summed E-state index contributed by atoms with van der Waals surface area (Å²) in [5.41, 5.74) is 2.08. The van der Waals surface area contributed by atoms with Gasteiger partial charge in [-0.3, -0.25) is 0 Å². The quantitative estimate of drug-likeness (QED) is 0.210. The monoisotopic (exact) mass is 553 g/mol. The highest BCUT2D eigenvalue weighted by atomic mass is 16.5. The minimum atomic E-state index is 0.662. The van der Waals surface area contributed by atoms with E-state index in [0.29, 0.717) is 26.4 Å². The molecule has 0 N–H and O–H groups in total. The van der Waals surface area contributed by atoms with Gasteiger partial charge in [-0.25, -0.2) is 9.48 Å². The Kier molecular flexibility index (Phi) is 9.05. The zero-order valence-electron chi connectivity index (χ0n) is 23.9. The molecule has 0 spiro atoms. The van der Waals surface area contributed by atoms with Crippen molar-refractivity contribution in [1.29, 1.82) is 0 Å². The number of hydrogen-bond donors (Lipinski definition) is 0. The van der Waals surface area contributed by atoms with Crippen molar-refractivity contribution in [3.05, 3.63) is 72.8 Å². The molecule has 6 heteroatoms. The smallest absolute Gasteiger partial charge is 0.245 e. The highest BCUT2D eigenvalue weighted by Gasteiger charge is 2.31. The third kappa shape index (κ3) is 6.70. The van der Waals surface area contributed by atoms with Gasteiger partial charge in [0, 0.05) is 5.39 Å². The first-order valence-corrected chi connectivity index (χ1v) is 15.3. The van der Waals surface area contributed by atoms with E-state index in [4.69, 9.17) is 18.9 Å². The molecule has 6 rings (SSSR count). The van der Waals surface area contributed by atoms with E-state index in [0.717, 1.165) is 104 Å². The number of ether oxygens (including phenoxy) is 4. The predicted octanol–water partition coefficient (Wildman–Crippen LogP) is 7.81. The molecule has 0 radical (unpaired) electrons. The number of nitrogens with zero attached hydrogens (tertiary/aromatic N) is 2. The Bertz CT molecular complexity index is 1420. The maximum atomic E-state index is 6.47. The van der Waals surface area contributed by atoms with Crippen molar-refractivity contribution >= 4 is 28.5 Å². The third-order valence-electron chi connectivity index (χ3n) is 7.76. The van der Waals surface area contributed by atoms with Crippen LogP contribution in [0.1, 0.15) is 51.4 Å². The lowest BCUT2D eigenvalue weighted by Gasteiger charge is -2.17. The Morgan fingerprint density at radius 2 is 1.20 bits per heavy atom. The maximum Gasteiger partial charge on any atom is 0.245 e. The van der Waals surface area contributed by atoms with Crippen LogP contribution >= 0.6 is 0 Å². The van der Waals surface area contributed by atoms with E-state index in [1.165, 1.54) is 5.39 Å². The van der Waals surface area contributed by atoms with Crippen LogP contribution in [0.4, 0.5) is 11.4 Å². The Morgan fingerprint density at radius 3 is 1.85 bits per heavy atom. The summed E-state index contributed by atoms with van der Waals surface area (Å²) in [5, 5.41) is 2.30. The SMILES string of the molecule is C1=[N+]2CCN1c1c3cccc1OCCC/C=C/CCCOc1ccc4ccc(cc4c12)OCCC/C=C/CCCO3. The highest BCUT2D eigenvalue weighted by Crippen LogP contribution is 2.42. The van der Waals surface area contributed by atoms with Crippen LogP contribution in [0, 0.1) is 0 Å². The van der Waals surface area contributed by atoms with Crippen molar-refractivity contribution in [3.63, 3.8) is 0 Å². The van der Waals surface area contributed by atoms with E-state index in [1.54, 1.807) is 0 Å². The standard InChI is InChI=1S/C35H41N2O4/c1-2-6-10-23-39-31-14-13-15-32-35(31)37-21-20-36(27-37)34-30-26-29(38-22-9-5-1)18-16-28(30)17-19-33(34)41-25-12-8-4-3-7-11-24-40-32/h1-4,13-19,26-27H,5-12,20-25H2/q+1/b2-1+,4-3+. The van der Waals surface area contributed by atoms with Crippen molar-refractivity contribution in [1.82, 2.24) is 0 Å². The Morgan fingerprint density at radius 1 is 0.610 bits per heavy atom. The molecule has 214 valence electrons. The summed E-state index contributed by atoms with van der Waals surface area (Å²) >= 11 is 0. The van der Waals surface area contributed by atoms with E-state index < -0.39 is 0 Å². The van der Waals surface area contributed by atoms with Crippen LogP contribution in [-0.4, -0.2) is 50.4 Å². The number of benzene rings is 3. The lowest BCUT2D eigenvalue weighted by molar-refractivity contribution is -0.423. The molecular weight excluding hydrogens is 512 g/mol. The van der Waals surface area contributed by atoms with Gasteiger partial charge in [0.1, 0.15) is 18.8 Å². The van der Waals surface area contributed by atoms with Gasteiger partial charge in [0.2, 0.25) is 12.0 Å². The third-order valence-corrected chi connectivity index (χ3v) is 7.76. The van der Waals surface area contributed by atoms with Crippen LogP contribution in [0.25, 0.3) is 10.8 Å². The molecule has 0 amide bonds. The lowest BCUT2D eigenvalue weighted by Crippen LogP contribution is -2.20. The molecule has 0 aliphatic carbocycles. The fourth-order valence-corrected chi connectivity index (χ4v) is 5.63. The summed E-state index contributed by atoms with van der Waals surface area (Å²) in [7, 11) is 0. The lowest BCUT2D eigenvalue weighted by atomic mass is 10.1. The van der Waals surface area contributed by atoms with Gasteiger partial charge in [-0.1, -0.05) is 42.5 Å². The van der Waals surface area contributed by atoms with E-state index in [2.05, 4.69) is 82.6 Å². The molecule has 3 heterocycles. The average molecular weight is 554 g/mol. The Hall–Kier alpha value is -3.93. The van der Waals surface area contributed by atoms with Crippen molar-refractivity contribution in [2.75, 3.05) is 44.4 Å². The highest BCUT2D eigenvalue weighted by molar-refractivity contribution is 5.96. The molecule has 3 aromatic rings. The number of hydrogen-bond acceptors (Lipinski definition) is 5. The van der Waals surface area contributed by atoms with Gasteiger partial charge in [-0.2, -0.15) is 0 Å². The zero-order valence-corrected chi connectivity index (χ0v) is 23.9. The van der Waals surface area contributed by atoms with Crippen LogP contribution in [0.5, 0.6) is 23.0 Å². The fraction of sp³-hybridized carbons (Fsp3) is 0.400. The number of fused-ring (bicyclic) bond motifs is 1. The van der Waals surface area contributed by atoms with E-state index in [9.17, 15) is 0 Å². The van der Waals surface area contributed by atoms with Crippen LogP contribution in [-0.2, 0) is 0 Å². The molecule has 41 heavy (non-hydrogen) atoms. The minimum absolute atomic E-state index is 0.662. The zero-order chi connectivity index (χ0) is 27.7. The Balaban J connectivity index is 1.47. The average Bonchev–Trinajstić information content (AvgIpc) is 3.47. The summed E-state index contributed by atoms with van der Waals surface area (Å²) in [6, 6.07) is 16.9. The van der Waals surface area contributed by atoms with Crippen molar-refractivity contribution in [3.8, 4) is 23.0 Å². The second kappa shape index (κ2) is 13.6. The summed E-state index contributed by atoms with van der Waals surface area (Å²) < 4.78 is 27.8. The number of rotatable bonds is 0. The summed E-state index contributed by atoms with van der Waals surface area (Å²) in [6.07, 6.45) is 19.2. The normalized spacial score (nSPS) is 20.1. The van der Waals surface area contributed by atoms with Crippen molar-refractivity contribution in [2.24, 2.45) is 0 Å². The molecule has 0 saturated heterocycles. The number of allylic oxidation sites excluding steroid dienone is 4. The van der Waals surface area contributed by atoms with Crippen molar-refractivity contribution in [2.45, 2.75) is 51.4 Å². The van der Waals surface area contributed by atoms with Gasteiger partial charge >= 0.3 is 0 Å². The van der Waals surface area contributed by atoms with Crippen LogP contribution in [0.2, 0.25) is 0 Å². The maximum absolute atomic E-state index is 6.47. The molecular formula is C35H41N2O4+. The fourth-order valence-electron chi connectivity index (χ4n) is 5.63. The van der Waals surface area contributed by atoms with Gasteiger partial charge in [-0.15, -0.1) is 0 Å². The number of anilines is 1. The van der Waals surface area contributed by atoms with E-state index >= 15 is 0 Å². The second-order valence-corrected chi connectivity index (χ2v) is 10.8. The molecule has 6 nitrogen and oxygen atoms in total. The minimum Gasteiger partial charge on any atom is -0.494 e. The van der Waals surface area contributed by atoms with Gasteiger partial charge in [0.15, 0.2) is 22.9 Å². The Labute approximate surface area is 243 Å². The van der Waals surface area contributed by atoms with Gasteiger partial charge in [-0.05, 0) is 87.1 Å². The summed E-state index contributed by atoms with van der Waals surface area (Å²) in [4.78, 5) is 2.28. The molecule has 0 saturated carbocycles. The van der Waals surface area contributed by atoms with Gasteiger partial charge in [0.05, 0.1) is 26.4 Å². The van der Waals surface area contributed by atoms with E-state index in [-0.39, 0.29) is 0 Å². The van der Waals surface area contributed by atoms with E-state index in [1.807, 2.05) is 6.07 Å². The predicted molar refractivity (Wildman–Crippen MR) is 166 cm³/mol. The topological polar surface area (TPSA) is 43.2 Å². The summed E-state index contributed by atoms with van der Waals surface area (Å²) in [6.45, 7) is 4.34. The van der Waals surface area contributed by atoms with Crippen LogP contribution in [0.3, 0.4) is 0 Å². The first kappa shape index (κ1) is 27.3. The van der Waals surface area contributed by atoms with Crippen molar-refractivity contribution < 1.29 is 23.5 Å². The first-order valence-electron chi connectivity index (χ1n) is 15.3. The molecule has 3 aromatic carbocycles. The second-order valence-electron chi connectivity index (χ2n) is 10.8. The first-order chi connectivity index (χ1) is 20.4. The largest absolute Gasteiger partial charge is 0.494 e. The van der Waals surface area contributed by atoms with Gasteiger partial charge in [0.25, 0.3) is 0 Å².